The van der Waals surface area contributed by atoms with Gasteiger partial charge in [0.25, 0.3) is 0 Å². The third kappa shape index (κ3) is 2.25. The van der Waals surface area contributed by atoms with Gasteiger partial charge in [0.15, 0.2) is 11.5 Å². The molecule has 0 saturated carbocycles. The van der Waals surface area contributed by atoms with Crippen LogP contribution in [0.3, 0.4) is 0 Å². The van der Waals surface area contributed by atoms with E-state index in [1.54, 1.807) is 0 Å². The van der Waals surface area contributed by atoms with E-state index in [-0.39, 0.29) is 6.04 Å². The van der Waals surface area contributed by atoms with E-state index in [1.807, 2.05) is 25.1 Å². The van der Waals surface area contributed by atoms with E-state index in [2.05, 4.69) is 11.9 Å². The summed E-state index contributed by atoms with van der Waals surface area (Å²) >= 11 is 0. The second-order valence-electron chi connectivity index (χ2n) is 4.28. The van der Waals surface area contributed by atoms with Crippen molar-refractivity contribution in [2.75, 3.05) is 0 Å². The lowest BCUT2D eigenvalue weighted by Gasteiger charge is -2.05. The molecule has 0 spiro atoms. The van der Waals surface area contributed by atoms with Crippen molar-refractivity contribution in [1.82, 2.24) is 4.98 Å². The molecule has 86 valence electrons. The number of nitrogens with zero attached hydrogens (tertiary/aromatic N) is 1. The Hall–Kier alpha value is -1.35. The molecule has 0 saturated heterocycles. The molecule has 0 aliphatic carbocycles. The summed E-state index contributed by atoms with van der Waals surface area (Å²) in [5.41, 5.74) is 8.95. The summed E-state index contributed by atoms with van der Waals surface area (Å²) in [7, 11) is 0. The predicted molar refractivity (Wildman–Crippen MR) is 65.3 cm³/mol. The quantitative estimate of drug-likeness (QED) is 0.858. The molecule has 0 aliphatic heterocycles. The highest BCUT2D eigenvalue weighted by Gasteiger charge is 2.10. The predicted octanol–water partition coefficient (Wildman–Crippen LogP) is 2.81. The molecule has 1 aromatic heterocycles. The van der Waals surface area contributed by atoms with E-state index in [4.69, 9.17) is 10.2 Å². The minimum Gasteiger partial charge on any atom is -0.441 e. The van der Waals surface area contributed by atoms with Gasteiger partial charge in [0.2, 0.25) is 0 Å². The summed E-state index contributed by atoms with van der Waals surface area (Å²) in [5.74, 6) is 0.755. The second kappa shape index (κ2) is 4.66. The Morgan fingerprint density at radius 3 is 2.94 bits per heavy atom. The van der Waals surface area contributed by atoms with Crippen LogP contribution in [0.5, 0.6) is 0 Å². The fraction of sp³-hybridized carbons (Fsp3) is 0.462. The Balaban J connectivity index is 2.23. The molecule has 1 unspecified atom stereocenters. The van der Waals surface area contributed by atoms with Gasteiger partial charge < -0.3 is 10.2 Å². The van der Waals surface area contributed by atoms with E-state index >= 15 is 0 Å². The van der Waals surface area contributed by atoms with Gasteiger partial charge in [-0.15, -0.1) is 0 Å². The molecule has 16 heavy (non-hydrogen) atoms. The Morgan fingerprint density at radius 2 is 2.25 bits per heavy atom. The van der Waals surface area contributed by atoms with Gasteiger partial charge in [0.1, 0.15) is 5.52 Å². The van der Waals surface area contributed by atoms with Crippen LogP contribution in [0.1, 0.15) is 31.2 Å². The monoisotopic (exact) mass is 218 g/mol. The Kier molecular flexibility index (Phi) is 3.25. The largest absolute Gasteiger partial charge is 0.441 e. The molecular formula is C13H18N2O. The Labute approximate surface area is 95.7 Å². The van der Waals surface area contributed by atoms with Gasteiger partial charge in [0.05, 0.1) is 0 Å². The summed E-state index contributed by atoms with van der Waals surface area (Å²) < 4.78 is 5.67. The van der Waals surface area contributed by atoms with Crippen LogP contribution in [-0.2, 0) is 6.42 Å². The molecule has 0 fully saturated rings. The van der Waals surface area contributed by atoms with Gasteiger partial charge in [-0.3, -0.25) is 0 Å². The first-order chi connectivity index (χ1) is 7.70. The van der Waals surface area contributed by atoms with Crippen LogP contribution in [0.4, 0.5) is 0 Å². The number of hydrogen-bond acceptors (Lipinski definition) is 3. The van der Waals surface area contributed by atoms with Crippen LogP contribution in [0.2, 0.25) is 0 Å². The standard InChI is InChI=1S/C13H18N2O/c1-3-5-10(14)8-12-15-13-9(2)6-4-7-11(13)16-12/h4,6-7,10H,3,5,8,14H2,1-2H3. The van der Waals surface area contributed by atoms with Crippen LogP contribution >= 0.6 is 0 Å². The van der Waals surface area contributed by atoms with E-state index < -0.39 is 0 Å². The average Bonchev–Trinajstić information content (AvgIpc) is 2.62. The summed E-state index contributed by atoms with van der Waals surface area (Å²) in [6, 6.07) is 6.13. The fourth-order valence-electron chi connectivity index (χ4n) is 1.92. The first kappa shape index (κ1) is 11.1. The maximum Gasteiger partial charge on any atom is 0.197 e. The maximum atomic E-state index is 5.98. The topological polar surface area (TPSA) is 52.0 Å². The first-order valence-corrected chi connectivity index (χ1v) is 5.81. The van der Waals surface area contributed by atoms with Crippen molar-refractivity contribution in [2.24, 2.45) is 5.73 Å². The highest BCUT2D eigenvalue weighted by Crippen LogP contribution is 2.19. The number of rotatable bonds is 4. The molecule has 0 radical (unpaired) electrons. The molecular weight excluding hydrogens is 200 g/mol. The fourth-order valence-corrected chi connectivity index (χ4v) is 1.92. The van der Waals surface area contributed by atoms with Crippen molar-refractivity contribution in [2.45, 2.75) is 39.2 Å². The number of hydrogen-bond donors (Lipinski definition) is 1. The molecule has 2 N–H and O–H groups in total. The molecule has 2 aromatic rings. The Morgan fingerprint density at radius 1 is 1.44 bits per heavy atom. The zero-order chi connectivity index (χ0) is 11.5. The Bertz CT molecular complexity index is 476. The van der Waals surface area contributed by atoms with Gasteiger partial charge >= 0.3 is 0 Å². The molecule has 0 bridgehead atoms. The van der Waals surface area contributed by atoms with Crippen molar-refractivity contribution < 1.29 is 4.42 Å². The number of aromatic nitrogens is 1. The summed E-state index contributed by atoms with van der Waals surface area (Å²) in [6.45, 7) is 4.18. The number of aryl methyl sites for hydroxylation is 1. The van der Waals surface area contributed by atoms with Crippen LogP contribution in [0.15, 0.2) is 22.6 Å². The van der Waals surface area contributed by atoms with Gasteiger partial charge in [-0.2, -0.15) is 0 Å². The highest BCUT2D eigenvalue weighted by atomic mass is 16.3. The summed E-state index contributed by atoms with van der Waals surface area (Å²) in [4.78, 5) is 4.49. The van der Waals surface area contributed by atoms with Gasteiger partial charge in [0, 0.05) is 12.5 Å². The van der Waals surface area contributed by atoms with Crippen LogP contribution in [0.25, 0.3) is 11.1 Å². The number of nitrogens with two attached hydrogens (primary N) is 1. The molecule has 1 aromatic carbocycles. The summed E-state index contributed by atoms with van der Waals surface area (Å²) in [5, 5.41) is 0. The van der Waals surface area contributed by atoms with E-state index in [0.29, 0.717) is 0 Å². The van der Waals surface area contributed by atoms with Gasteiger partial charge in [-0.25, -0.2) is 4.98 Å². The normalized spacial score (nSPS) is 13.2. The van der Waals surface area contributed by atoms with Crippen LogP contribution in [0, 0.1) is 6.92 Å². The van der Waals surface area contributed by atoms with E-state index in [1.165, 1.54) is 0 Å². The summed E-state index contributed by atoms with van der Waals surface area (Å²) in [6.07, 6.45) is 2.83. The van der Waals surface area contributed by atoms with E-state index in [0.717, 1.165) is 41.8 Å². The molecule has 0 amide bonds. The minimum absolute atomic E-state index is 0.151. The van der Waals surface area contributed by atoms with Crippen molar-refractivity contribution >= 4 is 11.1 Å². The third-order valence-corrected chi connectivity index (χ3v) is 2.76. The van der Waals surface area contributed by atoms with Crippen molar-refractivity contribution in [3.05, 3.63) is 29.7 Å². The number of oxazole rings is 1. The van der Waals surface area contributed by atoms with Crippen molar-refractivity contribution in [3.8, 4) is 0 Å². The second-order valence-corrected chi connectivity index (χ2v) is 4.28. The van der Waals surface area contributed by atoms with Crippen molar-refractivity contribution in [1.29, 1.82) is 0 Å². The zero-order valence-electron chi connectivity index (χ0n) is 9.86. The average molecular weight is 218 g/mol. The lowest BCUT2D eigenvalue weighted by Crippen LogP contribution is -2.22. The molecule has 3 heteroatoms. The molecule has 1 atom stereocenters. The maximum absolute atomic E-state index is 5.98. The SMILES string of the molecule is CCCC(N)Cc1nc2c(C)cccc2o1. The van der Waals surface area contributed by atoms with Crippen LogP contribution < -0.4 is 5.73 Å². The zero-order valence-corrected chi connectivity index (χ0v) is 9.86. The van der Waals surface area contributed by atoms with E-state index in [9.17, 15) is 0 Å². The van der Waals surface area contributed by atoms with Crippen molar-refractivity contribution in [3.63, 3.8) is 0 Å². The minimum atomic E-state index is 0.151. The molecule has 1 heterocycles. The molecule has 3 nitrogen and oxygen atoms in total. The lowest BCUT2D eigenvalue weighted by atomic mass is 10.1. The lowest BCUT2D eigenvalue weighted by molar-refractivity contribution is 0.481. The third-order valence-electron chi connectivity index (χ3n) is 2.76. The smallest absolute Gasteiger partial charge is 0.197 e. The molecule has 2 rings (SSSR count). The first-order valence-electron chi connectivity index (χ1n) is 5.81. The number of benzene rings is 1. The highest BCUT2D eigenvalue weighted by molar-refractivity contribution is 5.76. The van der Waals surface area contributed by atoms with Crippen LogP contribution in [-0.4, -0.2) is 11.0 Å². The number of fused-ring (bicyclic) bond motifs is 1. The number of para-hydroxylation sites is 1. The van der Waals surface area contributed by atoms with Gasteiger partial charge in [-0.1, -0.05) is 25.5 Å². The molecule has 0 aliphatic rings. The van der Waals surface area contributed by atoms with Gasteiger partial charge in [-0.05, 0) is 25.0 Å².